The van der Waals surface area contributed by atoms with Gasteiger partial charge in [0.15, 0.2) is 6.29 Å². The zero-order valence-corrected chi connectivity index (χ0v) is 8.68. The Morgan fingerprint density at radius 3 is 2.80 bits per heavy atom. The molecule has 15 heavy (non-hydrogen) atoms. The van der Waals surface area contributed by atoms with E-state index in [0.29, 0.717) is 6.29 Å². The largest absolute Gasteiger partial charge is 0.462 e. The molecule has 0 aliphatic rings. The molecule has 0 amide bonds. The predicted octanol–water partition coefficient (Wildman–Crippen LogP) is 2.47. The summed E-state index contributed by atoms with van der Waals surface area (Å²) < 4.78 is 18.0. The van der Waals surface area contributed by atoms with E-state index in [1.54, 1.807) is 6.92 Å². The summed E-state index contributed by atoms with van der Waals surface area (Å²) in [4.78, 5) is 21.7. The molecule has 0 aliphatic heterocycles. The highest BCUT2D eigenvalue weighted by Crippen LogP contribution is 2.19. The second kappa shape index (κ2) is 4.89. The molecule has 1 aromatic carbocycles. The van der Waals surface area contributed by atoms with Crippen molar-refractivity contribution < 1.29 is 18.7 Å². The van der Waals surface area contributed by atoms with E-state index in [9.17, 15) is 14.0 Å². The Morgan fingerprint density at radius 2 is 2.27 bits per heavy atom. The lowest BCUT2D eigenvalue weighted by Gasteiger charge is -2.05. The minimum absolute atomic E-state index is 0.113. The van der Waals surface area contributed by atoms with E-state index < -0.39 is 11.8 Å². The Kier molecular flexibility index (Phi) is 3.80. The van der Waals surface area contributed by atoms with E-state index in [0.717, 1.165) is 12.1 Å². The molecule has 0 heterocycles. The molecular formula is C10H8ClFO3. The molecule has 0 atom stereocenters. The Bertz CT molecular complexity index is 404. The molecule has 5 heteroatoms. The Hall–Kier alpha value is -1.42. The first-order valence-electron chi connectivity index (χ1n) is 4.21. The molecule has 80 valence electrons. The maximum Gasteiger partial charge on any atom is 0.341 e. The van der Waals surface area contributed by atoms with Gasteiger partial charge in [-0.15, -0.1) is 0 Å². The van der Waals surface area contributed by atoms with Crippen LogP contribution in [-0.4, -0.2) is 18.9 Å². The van der Waals surface area contributed by atoms with Gasteiger partial charge in [0.2, 0.25) is 0 Å². The van der Waals surface area contributed by atoms with E-state index >= 15 is 0 Å². The van der Waals surface area contributed by atoms with Crippen molar-refractivity contribution in [1.82, 2.24) is 0 Å². The quantitative estimate of drug-likeness (QED) is 0.592. The van der Waals surface area contributed by atoms with Gasteiger partial charge in [-0.25, -0.2) is 9.18 Å². The van der Waals surface area contributed by atoms with Crippen molar-refractivity contribution in [2.75, 3.05) is 6.61 Å². The third kappa shape index (κ3) is 2.53. The van der Waals surface area contributed by atoms with Crippen LogP contribution in [0.4, 0.5) is 4.39 Å². The van der Waals surface area contributed by atoms with Gasteiger partial charge in [-0.3, -0.25) is 4.79 Å². The summed E-state index contributed by atoms with van der Waals surface area (Å²) in [5, 5.41) is 0.113. The third-order valence-electron chi connectivity index (χ3n) is 1.69. The standard InChI is InChI=1S/C10H8ClFO3/c1-2-15-10(14)8-4-7(11)3-6(5-13)9(8)12/h3-5H,2H2,1H3. The number of rotatable bonds is 3. The summed E-state index contributed by atoms with van der Waals surface area (Å²) in [5.74, 6) is -1.74. The van der Waals surface area contributed by atoms with Crippen molar-refractivity contribution in [3.63, 3.8) is 0 Å². The SMILES string of the molecule is CCOC(=O)c1cc(Cl)cc(C=O)c1F. The first kappa shape index (κ1) is 11.7. The summed E-state index contributed by atoms with van der Waals surface area (Å²) in [5.41, 5.74) is -0.586. The number of carbonyl (C=O) groups excluding carboxylic acids is 2. The van der Waals surface area contributed by atoms with Gasteiger partial charge in [-0.2, -0.15) is 0 Å². The maximum atomic E-state index is 13.4. The second-order valence-electron chi connectivity index (χ2n) is 2.69. The number of benzene rings is 1. The molecule has 0 fully saturated rings. The van der Waals surface area contributed by atoms with Gasteiger partial charge in [0, 0.05) is 5.02 Å². The van der Waals surface area contributed by atoms with Crippen molar-refractivity contribution in [2.45, 2.75) is 6.92 Å². The number of hydrogen-bond donors (Lipinski definition) is 0. The van der Waals surface area contributed by atoms with E-state index in [1.807, 2.05) is 0 Å². The highest BCUT2D eigenvalue weighted by Gasteiger charge is 2.17. The lowest BCUT2D eigenvalue weighted by Crippen LogP contribution is -2.09. The number of carbonyl (C=O) groups is 2. The van der Waals surface area contributed by atoms with Crippen LogP contribution in [0.25, 0.3) is 0 Å². The van der Waals surface area contributed by atoms with Crippen molar-refractivity contribution in [1.29, 1.82) is 0 Å². The highest BCUT2D eigenvalue weighted by molar-refractivity contribution is 6.31. The van der Waals surface area contributed by atoms with E-state index in [4.69, 9.17) is 11.6 Å². The first-order valence-corrected chi connectivity index (χ1v) is 4.59. The lowest BCUT2D eigenvalue weighted by atomic mass is 10.1. The highest BCUT2D eigenvalue weighted by atomic mass is 35.5. The maximum absolute atomic E-state index is 13.4. The summed E-state index contributed by atoms with van der Waals surface area (Å²) in [6, 6.07) is 2.27. The average Bonchev–Trinajstić information content (AvgIpc) is 2.21. The van der Waals surface area contributed by atoms with Crippen molar-refractivity contribution >= 4 is 23.9 Å². The molecule has 0 spiro atoms. The van der Waals surface area contributed by atoms with Gasteiger partial charge in [0.25, 0.3) is 0 Å². The number of hydrogen-bond acceptors (Lipinski definition) is 3. The number of esters is 1. The fraction of sp³-hybridized carbons (Fsp3) is 0.200. The van der Waals surface area contributed by atoms with Crippen molar-refractivity contribution in [2.24, 2.45) is 0 Å². The second-order valence-corrected chi connectivity index (χ2v) is 3.13. The molecular weight excluding hydrogens is 223 g/mol. The molecule has 1 rings (SSSR count). The average molecular weight is 231 g/mol. The Labute approximate surface area is 90.8 Å². The summed E-state index contributed by atoms with van der Waals surface area (Å²) in [7, 11) is 0. The lowest BCUT2D eigenvalue weighted by molar-refractivity contribution is 0.0521. The van der Waals surface area contributed by atoms with Gasteiger partial charge in [-0.1, -0.05) is 11.6 Å². The third-order valence-corrected chi connectivity index (χ3v) is 1.91. The number of ether oxygens (including phenoxy) is 1. The topological polar surface area (TPSA) is 43.4 Å². The van der Waals surface area contributed by atoms with Gasteiger partial charge in [-0.05, 0) is 19.1 Å². The van der Waals surface area contributed by atoms with Crippen molar-refractivity contribution in [3.05, 3.63) is 34.1 Å². The van der Waals surface area contributed by atoms with E-state index in [1.165, 1.54) is 0 Å². The van der Waals surface area contributed by atoms with Crippen LogP contribution in [0.2, 0.25) is 5.02 Å². The molecule has 0 saturated heterocycles. The summed E-state index contributed by atoms with van der Waals surface area (Å²) in [6.45, 7) is 1.72. The zero-order valence-electron chi connectivity index (χ0n) is 7.92. The van der Waals surface area contributed by atoms with Gasteiger partial charge in [0.1, 0.15) is 5.82 Å². The van der Waals surface area contributed by atoms with Crippen LogP contribution in [-0.2, 0) is 4.74 Å². The van der Waals surface area contributed by atoms with Crippen LogP contribution in [0.1, 0.15) is 27.6 Å². The van der Waals surface area contributed by atoms with E-state index in [2.05, 4.69) is 4.74 Å². The van der Waals surface area contributed by atoms with Gasteiger partial charge < -0.3 is 4.74 Å². The molecule has 3 nitrogen and oxygen atoms in total. The molecule has 0 saturated carbocycles. The number of halogens is 2. The van der Waals surface area contributed by atoms with Crippen molar-refractivity contribution in [3.8, 4) is 0 Å². The van der Waals surface area contributed by atoms with Crippen LogP contribution in [0, 0.1) is 5.82 Å². The fourth-order valence-electron chi connectivity index (χ4n) is 1.05. The minimum atomic E-state index is -0.909. The summed E-state index contributed by atoms with van der Waals surface area (Å²) >= 11 is 5.61. The van der Waals surface area contributed by atoms with Gasteiger partial charge in [0.05, 0.1) is 17.7 Å². The smallest absolute Gasteiger partial charge is 0.341 e. The molecule has 0 radical (unpaired) electrons. The molecule has 0 unspecified atom stereocenters. The minimum Gasteiger partial charge on any atom is -0.462 e. The van der Waals surface area contributed by atoms with E-state index in [-0.39, 0.29) is 22.8 Å². The zero-order chi connectivity index (χ0) is 11.4. The summed E-state index contributed by atoms with van der Waals surface area (Å²) in [6.07, 6.45) is 0.296. The molecule has 0 N–H and O–H groups in total. The normalized spacial score (nSPS) is 9.80. The van der Waals surface area contributed by atoms with Gasteiger partial charge >= 0.3 is 5.97 Å². The fourth-order valence-corrected chi connectivity index (χ4v) is 1.28. The predicted molar refractivity (Wildman–Crippen MR) is 52.8 cm³/mol. The van der Waals surface area contributed by atoms with Crippen LogP contribution >= 0.6 is 11.6 Å². The molecule has 0 aliphatic carbocycles. The number of aldehydes is 1. The molecule has 1 aromatic rings. The van der Waals surface area contributed by atoms with Crippen LogP contribution in [0.3, 0.4) is 0 Å². The van der Waals surface area contributed by atoms with Crippen LogP contribution in [0.15, 0.2) is 12.1 Å². The molecule has 0 aromatic heterocycles. The first-order chi connectivity index (χ1) is 7.10. The monoisotopic (exact) mass is 230 g/mol. The molecule has 0 bridgehead atoms. The Morgan fingerprint density at radius 1 is 1.60 bits per heavy atom. The van der Waals surface area contributed by atoms with Crippen LogP contribution in [0.5, 0.6) is 0 Å². The Balaban J connectivity index is 3.22. The van der Waals surface area contributed by atoms with Crippen LogP contribution < -0.4 is 0 Å².